The average Bonchev–Trinajstić information content (AvgIpc) is 2.43. The lowest BCUT2D eigenvalue weighted by Gasteiger charge is -2.43. The zero-order chi connectivity index (χ0) is 14.9. The molecule has 1 N–H and O–H groups in total. The van der Waals surface area contributed by atoms with E-state index in [2.05, 4.69) is 36.0 Å². The second kappa shape index (κ2) is 6.10. The molecule has 1 heterocycles. The Morgan fingerprint density at radius 3 is 2.35 bits per heavy atom. The van der Waals surface area contributed by atoms with Crippen molar-refractivity contribution in [3.05, 3.63) is 29.6 Å². The van der Waals surface area contributed by atoms with Crippen LogP contribution < -0.4 is 10.2 Å². The molecule has 1 aliphatic heterocycles. The van der Waals surface area contributed by atoms with Crippen molar-refractivity contribution in [2.45, 2.75) is 38.9 Å². The summed E-state index contributed by atoms with van der Waals surface area (Å²) in [6.45, 7) is 8.17. The predicted octanol–water partition coefficient (Wildman–Crippen LogP) is 2.63. The number of rotatable bonds is 3. The minimum absolute atomic E-state index is 0.117. The number of benzene rings is 1. The molecule has 1 aliphatic rings. The maximum Gasteiger partial charge on any atom is 0.146 e. The second-order valence-corrected chi connectivity index (χ2v) is 5.99. The maximum absolute atomic E-state index is 14.4. The van der Waals surface area contributed by atoms with Gasteiger partial charge in [-0.15, -0.1) is 0 Å². The standard InChI is InChI=1S/C16H26FN3/c1-11-9-20(10-12(2)19(11)5)16-7-6-14(8-15(16)17)13(3)18-4/h6-8,11-13,18H,9-10H2,1-5H3. The van der Waals surface area contributed by atoms with Gasteiger partial charge in [0, 0.05) is 31.2 Å². The molecule has 3 unspecified atom stereocenters. The lowest BCUT2D eigenvalue weighted by atomic mass is 10.0. The van der Waals surface area contributed by atoms with Crippen LogP contribution in [0.2, 0.25) is 0 Å². The molecular weight excluding hydrogens is 253 g/mol. The minimum atomic E-state index is -0.117. The van der Waals surface area contributed by atoms with Gasteiger partial charge >= 0.3 is 0 Å². The summed E-state index contributed by atoms with van der Waals surface area (Å²) in [5.74, 6) is -0.117. The monoisotopic (exact) mass is 279 g/mol. The Hall–Kier alpha value is -1.13. The summed E-state index contributed by atoms with van der Waals surface area (Å²) in [6, 6.07) is 6.65. The van der Waals surface area contributed by atoms with E-state index in [0.29, 0.717) is 12.1 Å². The van der Waals surface area contributed by atoms with Crippen molar-refractivity contribution in [2.24, 2.45) is 0 Å². The van der Waals surface area contributed by atoms with E-state index < -0.39 is 0 Å². The van der Waals surface area contributed by atoms with Gasteiger partial charge in [0.2, 0.25) is 0 Å². The van der Waals surface area contributed by atoms with E-state index in [1.54, 1.807) is 6.07 Å². The van der Waals surface area contributed by atoms with Gasteiger partial charge in [0.15, 0.2) is 0 Å². The van der Waals surface area contributed by atoms with E-state index in [9.17, 15) is 4.39 Å². The van der Waals surface area contributed by atoms with Crippen molar-refractivity contribution in [1.82, 2.24) is 10.2 Å². The van der Waals surface area contributed by atoms with Crippen molar-refractivity contribution in [2.75, 3.05) is 32.1 Å². The molecule has 0 spiro atoms. The van der Waals surface area contributed by atoms with Crippen LogP contribution in [0.25, 0.3) is 0 Å². The molecule has 0 saturated carbocycles. The van der Waals surface area contributed by atoms with Crippen LogP contribution in [0.15, 0.2) is 18.2 Å². The number of hydrogen-bond acceptors (Lipinski definition) is 3. The highest BCUT2D eigenvalue weighted by Crippen LogP contribution is 2.26. The average molecular weight is 279 g/mol. The number of anilines is 1. The van der Waals surface area contributed by atoms with E-state index in [1.807, 2.05) is 26.1 Å². The number of hydrogen-bond donors (Lipinski definition) is 1. The number of halogens is 1. The Labute approximate surface area is 121 Å². The van der Waals surface area contributed by atoms with Crippen molar-refractivity contribution in [3.63, 3.8) is 0 Å². The van der Waals surface area contributed by atoms with Gasteiger partial charge in [0.05, 0.1) is 5.69 Å². The molecule has 1 aromatic carbocycles. The molecule has 4 heteroatoms. The van der Waals surface area contributed by atoms with E-state index in [4.69, 9.17) is 0 Å². The fraction of sp³-hybridized carbons (Fsp3) is 0.625. The zero-order valence-corrected chi connectivity index (χ0v) is 13.2. The Bertz CT molecular complexity index is 451. The van der Waals surface area contributed by atoms with Crippen molar-refractivity contribution < 1.29 is 4.39 Å². The summed E-state index contributed by atoms with van der Waals surface area (Å²) in [7, 11) is 4.03. The number of nitrogens with zero attached hydrogens (tertiary/aromatic N) is 2. The maximum atomic E-state index is 14.4. The molecule has 0 amide bonds. The third-order valence-corrected chi connectivity index (χ3v) is 4.61. The van der Waals surface area contributed by atoms with E-state index in [-0.39, 0.29) is 11.9 Å². The third kappa shape index (κ3) is 2.96. The fourth-order valence-corrected chi connectivity index (χ4v) is 2.82. The molecule has 2 rings (SSSR count). The first-order chi connectivity index (χ1) is 9.43. The summed E-state index contributed by atoms with van der Waals surface area (Å²) < 4.78 is 14.4. The van der Waals surface area contributed by atoms with Gasteiger partial charge in [-0.3, -0.25) is 4.90 Å². The highest BCUT2D eigenvalue weighted by Gasteiger charge is 2.27. The Morgan fingerprint density at radius 2 is 1.85 bits per heavy atom. The Morgan fingerprint density at radius 1 is 1.25 bits per heavy atom. The molecular formula is C16H26FN3. The second-order valence-electron chi connectivity index (χ2n) is 5.99. The summed E-state index contributed by atoms with van der Waals surface area (Å²) >= 11 is 0. The largest absolute Gasteiger partial charge is 0.366 e. The fourth-order valence-electron chi connectivity index (χ4n) is 2.82. The van der Waals surface area contributed by atoms with E-state index >= 15 is 0 Å². The van der Waals surface area contributed by atoms with Crippen LogP contribution >= 0.6 is 0 Å². The molecule has 0 radical (unpaired) electrons. The molecule has 0 aliphatic carbocycles. The highest BCUT2D eigenvalue weighted by molar-refractivity contribution is 5.50. The molecule has 112 valence electrons. The first-order valence-corrected chi connectivity index (χ1v) is 7.37. The number of likely N-dealkylation sites (N-methyl/N-ethyl adjacent to an activating group) is 1. The normalized spacial score (nSPS) is 25.8. The van der Waals surface area contributed by atoms with Gasteiger partial charge in [-0.25, -0.2) is 4.39 Å². The molecule has 0 bridgehead atoms. The summed E-state index contributed by atoms with van der Waals surface area (Å²) in [4.78, 5) is 4.52. The zero-order valence-electron chi connectivity index (χ0n) is 13.2. The van der Waals surface area contributed by atoms with E-state index in [1.165, 1.54) is 0 Å². The third-order valence-electron chi connectivity index (χ3n) is 4.61. The molecule has 1 aromatic rings. The van der Waals surface area contributed by atoms with Crippen LogP contribution in [0.1, 0.15) is 32.4 Å². The molecule has 20 heavy (non-hydrogen) atoms. The number of piperazine rings is 1. The van der Waals surface area contributed by atoms with Crippen LogP contribution in [0.3, 0.4) is 0 Å². The summed E-state index contributed by atoms with van der Waals surface area (Å²) in [5, 5.41) is 3.14. The Balaban J connectivity index is 2.21. The van der Waals surface area contributed by atoms with E-state index in [0.717, 1.165) is 24.3 Å². The van der Waals surface area contributed by atoms with Crippen LogP contribution in [0.4, 0.5) is 10.1 Å². The SMILES string of the molecule is CNC(C)c1ccc(N2CC(C)N(C)C(C)C2)c(F)c1. The lowest BCUT2D eigenvalue weighted by molar-refractivity contribution is 0.169. The molecule has 1 saturated heterocycles. The lowest BCUT2D eigenvalue weighted by Crippen LogP contribution is -2.55. The van der Waals surface area contributed by atoms with Crippen molar-refractivity contribution in [1.29, 1.82) is 0 Å². The minimum Gasteiger partial charge on any atom is -0.366 e. The first-order valence-electron chi connectivity index (χ1n) is 7.37. The van der Waals surface area contributed by atoms with Crippen molar-refractivity contribution in [3.8, 4) is 0 Å². The quantitative estimate of drug-likeness (QED) is 0.917. The van der Waals surface area contributed by atoms with Gasteiger partial charge in [-0.2, -0.15) is 0 Å². The molecule has 1 fully saturated rings. The van der Waals surface area contributed by atoms with Gasteiger partial charge in [0.25, 0.3) is 0 Å². The van der Waals surface area contributed by atoms with Gasteiger partial charge < -0.3 is 10.2 Å². The first kappa shape index (κ1) is 15.3. The van der Waals surface area contributed by atoms with Gasteiger partial charge in [0.1, 0.15) is 5.82 Å². The number of nitrogens with one attached hydrogen (secondary N) is 1. The summed E-state index contributed by atoms with van der Waals surface area (Å²) in [6.07, 6.45) is 0. The van der Waals surface area contributed by atoms with Crippen LogP contribution in [0.5, 0.6) is 0 Å². The molecule has 3 nitrogen and oxygen atoms in total. The topological polar surface area (TPSA) is 18.5 Å². The smallest absolute Gasteiger partial charge is 0.146 e. The van der Waals surface area contributed by atoms with Gasteiger partial charge in [-0.1, -0.05) is 6.07 Å². The predicted molar refractivity (Wildman–Crippen MR) is 82.8 cm³/mol. The molecule has 3 atom stereocenters. The van der Waals surface area contributed by atoms with Crippen LogP contribution in [-0.4, -0.2) is 44.2 Å². The van der Waals surface area contributed by atoms with Gasteiger partial charge in [-0.05, 0) is 52.6 Å². The van der Waals surface area contributed by atoms with Crippen LogP contribution in [0, 0.1) is 5.82 Å². The highest BCUT2D eigenvalue weighted by atomic mass is 19.1. The van der Waals surface area contributed by atoms with Crippen molar-refractivity contribution >= 4 is 5.69 Å². The summed E-state index contributed by atoms with van der Waals surface area (Å²) in [5.41, 5.74) is 1.72. The Kier molecular flexibility index (Phi) is 4.66. The van der Waals surface area contributed by atoms with Crippen LogP contribution in [-0.2, 0) is 0 Å². The molecule has 0 aromatic heterocycles.